The molecule has 0 saturated carbocycles. The van der Waals surface area contributed by atoms with Crippen LogP contribution in [0.2, 0.25) is 5.02 Å². The van der Waals surface area contributed by atoms with Gasteiger partial charge in [0, 0.05) is 6.07 Å². The molecule has 1 amide bonds. The molecule has 0 aliphatic heterocycles. The van der Waals surface area contributed by atoms with Gasteiger partial charge in [0.05, 0.1) is 16.5 Å². The number of hydrogen-bond acceptors (Lipinski definition) is 5. The molecule has 1 aromatic carbocycles. The van der Waals surface area contributed by atoms with Crippen molar-refractivity contribution < 1.29 is 14.8 Å². The first kappa shape index (κ1) is 16.4. The maximum Gasteiger partial charge on any atom is 0.283 e. The Morgan fingerprint density at radius 3 is 2.82 bits per heavy atom. The summed E-state index contributed by atoms with van der Waals surface area (Å²) in [5, 5.41) is 27.4. The first-order valence-corrected chi connectivity index (χ1v) is 7.61. The molecule has 0 radical (unpaired) electrons. The zero-order chi connectivity index (χ0) is 16.3. The summed E-state index contributed by atoms with van der Waals surface area (Å²) in [4.78, 5) is 22.5. The largest absolute Gasteiger partial charge is 0.384 e. The van der Waals surface area contributed by atoms with Gasteiger partial charge in [-0.1, -0.05) is 17.7 Å². The molecule has 8 heteroatoms. The Hall–Kier alpha value is -1.96. The van der Waals surface area contributed by atoms with E-state index in [0.717, 1.165) is 0 Å². The van der Waals surface area contributed by atoms with Gasteiger partial charge in [-0.3, -0.25) is 14.9 Å². The van der Waals surface area contributed by atoms with Crippen LogP contribution in [0.25, 0.3) is 0 Å². The second-order valence-corrected chi connectivity index (χ2v) is 6.05. The van der Waals surface area contributed by atoms with E-state index in [1.165, 1.54) is 29.5 Å². The number of nitrogens with one attached hydrogen (secondary N) is 1. The van der Waals surface area contributed by atoms with Gasteiger partial charge in [0.25, 0.3) is 11.6 Å². The Morgan fingerprint density at radius 1 is 1.50 bits per heavy atom. The normalized spacial score (nSPS) is 13.4. The van der Waals surface area contributed by atoms with Crippen molar-refractivity contribution in [3.63, 3.8) is 0 Å². The molecule has 1 atom stereocenters. The Labute approximate surface area is 135 Å². The van der Waals surface area contributed by atoms with Crippen molar-refractivity contribution in [2.24, 2.45) is 0 Å². The first-order chi connectivity index (χ1) is 10.3. The van der Waals surface area contributed by atoms with E-state index < -0.39 is 16.4 Å². The molecule has 2 aromatic rings. The predicted octanol–water partition coefficient (Wildman–Crippen LogP) is 2.95. The lowest BCUT2D eigenvalue weighted by atomic mass is 9.99. The fourth-order valence-corrected chi connectivity index (χ4v) is 2.94. The quantitative estimate of drug-likeness (QED) is 0.646. The highest BCUT2D eigenvalue weighted by Crippen LogP contribution is 2.27. The second-order valence-electron chi connectivity index (χ2n) is 4.86. The van der Waals surface area contributed by atoms with E-state index >= 15 is 0 Å². The van der Waals surface area contributed by atoms with E-state index in [0.29, 0.717) is 5.56 Å². The van der Waals surface area contributed by atoms with Crippen molar-refractivity contribution in [3.8, 4) is 0 Å². The third kappa shape index (κ3) is 3.44. The molecule has 0 fully saturated rings. The molecule has 0 aliphatic rings. The first-order valence-electron chi connectivity index (χ1n) is 6.29. The van der Waals surface area contributed by atoms with Gasteiger partial charge >= 0.3 is 0 Å². The fourth-order valence-electron chi connectivity index (χ4n) is 1.90. The number of nitro groups is 1. The number of nitro benzene ring substituents is 1. The molecular formula is C14H13ClN2O4S. The van der Waals surface area contributed by atoms with Crippen LogP contribution in [-0.2, 0) is 5.60 Å². The summed E-state index contributed by atoms with van der Waals surface area (Å²) in [6, 6.07) is 5.76. The van der Waals surface area contributed by atoms with E-state index in [9.17, 15) is 20.0 Å². The SMILES string of the molecule is CC(O)(CNC(=O)c1c(Cl)cccc1[N+](=O)[O-])c1ccsc1. The zero-order valence-corrected chi connectivity index (χ0v) is 13.1. The summed E-state index contributed by atoms with van der Waals surface area (Å²) < 4.78 is 0. The van der Waals surface area contributed by atoms with Crippen molar-refractivity contribution in [1.82, 2.24) is 5.32 Å². The summed E-state index contributed by atoms with van der Waals surface area (Å²) in [6.07, 6.45) is 0. The number of halogens is 1. The van der Waals surface area contributed by atoms with Crippen molar-refractivity contribution in [2.75, 3.05) is 6.54 Å². The van der Waals surface area contributed by atoms with Crippen molar-refractivity contribution >= 4 is 34.5 Å². The highest BCUT2D eigenvalue weighted by Gasteiger charge is 2.28. The molecule has 2 N–H and O–H groups in total. The minimum absolute atomic E-state index is 0.0122. The molecule has 22 heavy (non-hydrogen) atoms. The average Bonchev–Trinajstić information content (AvgIpc) is 2.99. The van der Waals surface area contributed by atoms with Crippen LogP contribution >= 0.6 is 22.9 Å². The van der Waals surface area contributed by atoms with Gasteiger partial charge in [0.1, 0.15) is 11.2 Å². The molecular weight excluding hydrogens is 328 g/mol. The van der Waals surface area contributed by atoms with Crippen LogP contribution in [0, 0.1) is 10.1 Å². The van der Waals surface area contributed by atoms with Crippen LogP contribution < -0.4 is 5.32 Å². The van der Waals surface area contributed by atoms with E-state index in [2.05, 4.69) is 5.32 Å². The van der Waals surface area contributed by atoms with Crippen molar-refractivity contribution in [3.05, 3.63) is 61.3 Å². The Morgan fingerprint density at radius 2 is 2.23 bits per heavy atom. The second kappa shape index (κ2) is 6.43. The summed E-state index contributed by atoms with van der Waals surface area (Å²) >= 11 is 7.31. The van der Waals surface area contributed by atoms with E-state index in [1.807, 2.05) is 5.38 Å². The van der Waals surface area contributed by atoms with Crippen molar-refractivity contribution in [2.45, 2.75) is 12.5 Å². The fraction of sp³-hybridized carbons (Fsp3) is 0.214. The third-order valence-electron chi connectivity index (χ3n) is 3.15. The molecule has 1 aromatic heterocycles. The predicted molar refractivity (Wildman–Crippen MR) is 84.3 cm³/mol. The maximum absolute atomic E-state index is 12.2. The standard InChI is InChI=1S/C14H13ClN2O4S/c1-14(19,9-5-6-22-7-9)8-16-13(18)12-10(15)3-2-4-11(12)17(20)21/h2-7,19H,8H2,1H3,(H,16,18). The molecule has 1 unspecified atom stereocenters. The Kier molecular flexibility index (Phi) is 4.80. The number of carbonyl (C=O) groups is 1. The van der Waals surface area contributed by atoms with Gasteiger partial charge in [-0.05, 0) is 35.4 Å². The molecule has 116 valence electrons. The van der Waals surface area contributed by atoms with Gasteiger partial charge in [-0.2, -0.15) is 11.3 Å². The number of hydrogen-bond donors (Lipinski definition) is 2. The van der Waals surface area contributed by atoms with Crippen LogP contribution in [0.15, 0.2) is 35.0 Å². The number of amides is 1. The molecule has 0 spiro atoms. The highest BCUT2D eigenvalue weighted by molar-refractivity contribution is 7.08. The third-order valence-corrected chi connectivity index (χ3v) is 4.15. The van der Waals surface area contributed by atoms with Crippen LogP contribution in [0.1, 0.15) is 22.8 Å². The lowest BCUT2D eigenvalue weighted by Gasteiger charge is -2.22. The molecule has 0 bridgehead atoms. The van der Waals surface area contributed by atoms with E-state index in [1.54, 1.807) is 18.4 Å². The molecule has 6 nitrogen and oxygen atoms in total. The smallest absolute Gasteiger partial charge is 0.283 e. The molecule has 0 saturated heterocycles. The minimum atomic E-state index is -1.27. The van der Waals surface area contributed by atoms with Gasteiger partial charge in [0.2, 0.25) is 0 Å². The number of carbonyl (C=O) groups excluding carboxylic acids is 1. The van der Waals surface area contributed by atoms with Crippen LogP contribution in [0.3, 0.4) is 0 Å². The van der Waals surface area contributed by atoms with Gasteiger partial charge < -0.3 is 10.4 Å². The Bertz CT molecular complexity index is 701. The van der Waals surface area contributed by atoms with Crippen LogP contribution in [0.5, 0.6) is 0 Å². The number of thiophene rings is 1. The summed E-state index contributed by atoms with van der Waals surface area (Å²) in [5.41, 5.74) is -1.20. The van der Waals surface area contributed by atoms with E-state index in [-0.39, 0.29) is 22.8 Å². The number of rotatable bonds is 5. The Balaban J connectivity index is 2.19. The van der Waals surface area contributed by atoms with E-state index in [4.69, 9.17) is 11.6 Å². The summed E-state index contributed by atoms with van der Waals surface area (Å²) in [5.74, 6) is -0.701. The maximum atomic E-state index is 12.2. The number of benzene rings is 1. The average molecular weight is 341 g/mol. The van der Waals surface area contributed by atoms with Gasteiger partial charge in [-0.25, -0.2) is 0 Å². The van der Waals surface area contributed by atoms with Gasteiger partial charge in [-0.15, -0.1) is 0 Å². The minimum Gasteiger partial charge on any atom is -0.384 e. The monoisotopic (exact) mass is 340 g/mol. The van der Waals surface area contributed by atoms with Crippen LogP contribution in [-0.4, -0.2) is 22.5 Å². The number of nitrogens with zero attached hydrogens (tertiary/aromatic N) is 1. The molecule has 2 rings (SSSR count). The molecule has 1 heterocycles. The number of aliphatic hydroxyl groups is 1. The van der Waals surface area contributed by atoms with Gasteiger partial charge in [0.15, 0.2) is 0 Å². The lowest BCUT2D eigenvalue weighted by Crippen LogP contribution is -2.38. The summed E-state index contributed by atoms with van der Waals surface area (Å²) in [7, 11) is 0. The lowest BCUT2D eigenvalue weighted by molar-refractivity contribution is -0.385. The van der Waals surface area contributed by atoms with Crippen molar-refractivity contribution in [1.29, 1.82) is 0 Å². The highest BCUT2D eigenvalue weighted by atomic mass is 35.5. The topological polar surface area (TPSA) is 92.5 Å². The zero-order valence-electron chi connectivity index (χ0n) is 11.6. The summed E-state index contributed by atoms with van der Waals surface area (Å²) in [6.45, 7) is 1.46. The molecule has 0 aliphatic carbocycles. The van der Waals surface area contributed by atoms with Crippen LogP contribution in [0.4, 0.5) is 5.69 Å².